The van der Waals surface area contributed by atoms with Crippen molar-refractivity contribution in [3.8, 4) is 0 Å². The zero-order valence-corrected chi connectivity index (χ0v) is 10.5. The van der Waals surface area contributed by atoms with Gasteiger partial charge in [0.25, 0.3) is 0 Å². The summed E-state index contributed by atoms with van der Waals surface area (Å²) < 4.78 is 1.13. The molecule has 0 aliphatic carbocycles. The standard InChI is InChI=1S/C11H17BrN2/c1-8-4-5-11(10(12)6-8)14(3)7-9(2)13/h4-6,9H,7,13H2,1-3H3. The smallest absolute Gasteiger partial charge is 0.0508 e. The lowest BCUT2D eigenvalue weighted by Crippen LogP contribution is -2.32. The van der Waals surface area contributed by atoms with Gasteiger partial charge >= 0.3 is 0 Å². The van der Waals surface area contributed by atoms with Crippen LogP contribution < -0.4 is 10.6 Å². The number of halogens is 1. The molecule has 0 aromatic heterocycles. The molecule has 0 amide bonds. The van der Waals surface area contributed by atoms with Gasteiger partial charge in [0, 0.05) is 24.1 Å². The van der Waals surface area contributed by atoms with Crippen molar-refractivity contribution in [2.75, 3.05) is 18.5 Å². The van der Waals surface area contributed by atoms with Gasteiger partial charge in [-0.15, -0.1) is 0 Å². The fourth-order valence-electron chi connectivity index (χ4n) is 1.45. The van der Waals surface area contributed by atoms with Gasteiger partial charge in [-0.05, 0) is 47.5 Å². The van der Waals surface area contributed by atoms with Crippen molar-refractivity contribution in [3.05, 3.63) is 28.2 Å². The van der Waals surface area contributed by atoms with Crippen molar-refractivity contribution < 1.29 is 0 Å². The van der Waals surface area contributed by atoms with E-state index in [1.807, 2.05) is 6.92 Å². The Morgan fingerprint density at radius 3 is 2.64 bits per heavy atom. The van der Waals surface area contributed by atoms with Gasteiger partial charge in [0.2, 0.25) is 0 Å². The molecule has 0 bridgehead atoms. The summed E-state index contributed by atoms with van der Waals surface area (Å²) in [6, 6.07) is 6.53. The van der Waals surface area contributed by atoms with Gasteiger partial charge in [0.1, 0.15) is 0 Å². The molecule has 0 saturated heterocycles. The summed E-state index contributed by atoms with van der Waals surface area (Å²) >= 11 is 3.56. The maximum atomic E-state index is 5.75. The Kier molecular flexibility index (Phi) is 3.96. The first-order valence-electron chi connectivity index (χ1n) is 4.73. The van der Waals surface area contributed by atoms with Crippen molar-refractivity contribution in [1.29, 1.82) is 0 Å². The molecular weight excluding hydrogens is 240 g/mol. The number of hydrogen-bond donors (Lipinski definition) is 1. The molecule has 3 heteroatoms. The molecular formula is C11H17BrN2. The molecule has 0 aliphatic heterocycles. The number of anilines is 1. The molecule has 14 heavy (non-hydrogen) atoms. The lowest BCUT2D eigenvalue weighted by molar-refractivity contribution is 0.717. The van der Waals surface area contributed by atoms with Gasteiger partial charge in [-0.1, -0.05) is 6.07 Å². The quantitative estimate of drug-likeness (QED) is 0.901. The normalized spacial score (nSPS) is 12.6. The van der Waals surface area contributed by atoms with E-state index in [2.05, 4.69) is 53.0 Å². The van der Waals surface area contributed by atoms with Crippen LogP contribution in [0.5, 0.6) is 0 Å². The van der Waals surface area contributed by atoms with Crippen molar-refractivity contribution in [2.45, 2.75) is 19.9 Å². The number of hydrogen-bond acceptors (Lipinski definition) is 2. The summed E-state index contributed by atoms with van der Waals surface area (Å²) in [5.74, 6) is 0. The molecule has 1 rings (SSSR count). The van der Waals surface area contributed by atoms with Crippen LogP contribution >= 0.6 is 15.9 Å². The number of nitrogens with zero attached hydrogens (tertiary/aromatic N) is 1. The highest BCUT2D eigenvalue weighted by Crippen LogP contribution is 2.26. The second-order valence-electron chi connectivity index (χ2n) is 3.81. The van der Waals surface area contributed by atoms with E-state index in [0.717, 1.165) is 11.0 Å². The number of rotatable bonds is 3. The Morgan fingerprint density at radius 2 is 2.14 bits per heavy atom. The first-order chi connectivity index (χ1) is 6.50. The summed E-state index contributed by atoms with van der Waals surface area (Å²) in [6.45, 7) is 4.96. The number of aryl methyl sites for hydroxylation is 1. The molecule has 1 unspecified atom stereocenters. The number of benzene rings is 1. The van der Waals surface area contributed by atoms with Crippen LogP contribution in [0.2, 0.25) is 0 Å². The van der Waals surface area contributed by atoms with Gasteiger partial charge < -0.3 is 10.6 Å². The van der Waals surface area contributed by atoms with E-state index in [0.29, 0.717) is 0 Å². The minimum absolute atomic E-state index is 0.188. The molecule has 0 aliphatic rings. The Balaban J connectivity index is 2.84. The van der Waals surface area contributed by atoms with E-state index in [1.54, 1.807) is 0 Å². The Bertz CT molecular complexity index is 310. The third kappa shape index (κ3) is 3.00. The summed E-state index contributed by atoms with van der Waals surface area (Å²) in [4.78, 5) is 2.16. The fourth-order valence-corrected chi connectivity index (χ4v) is 2.25. The maximum absolute atomic E-state index is 5.75. The monoisotopic (exact) mass is 256 g/mol. The summed E-state index contributed by atoms with van der Waals surface area (Å²) in [5.41, 5.74) is 8.20. The van der Waals surface area contributed by atoms with E-state index in [4.69, 9.17) is 5.73 Å². The molecule has 78 valence electrons. The molecule has 1 atom stereocenters. The number of nitrogens with two attached hydrogens (primary N) is 1. The molecule has 0 fully saturated rings. The van der Waals surface area contributed by atoms with Crippen molar-refractivity contribution in [3.63, 3.8) is 0 Å². The van der Waals surface area contributed by atoms with Crippen molar-refractivity contribution in [1.82, 2.24) is 0 Å². The van der Waals surface area contributed by atoms with Crippen LogP contribution in [0.4, 0.5) is 5.69 Å². The van der Waals surface area contributed by atoms with Crippen LogP contribution in [0.3, 0.4) is 0 Å². The average Bonchev–Trinajstić information content (AvgIpc) is 2.01. The van der Waals surface area contributed by atoms with Crippen LogP contribution in [-0.2, 0) is 0 Å². The highest BCUT2D eigenvalue weighted by Gasteiger charge is 2.06. The molecule has 2 nitrogen and oxygen atoms in total. The lowest BCUT2D eigenvalue weighted by atomic mass is 10.2. The molecule has 0 saturated carbocycles. The van der Waals surface area contributed by atoms with E-state index in [-0.39, 0.29) is 6.04 Å². The molecule has 1 aromatic rings. The lowest BCUT2D eigenvalue weighted by Gasteiger charge is -2.22. The van der Waals surface area contributed by atoms with Crippen molar-refractivity contribution >= 4 is 21.6 Å². The summed E-state index contributed by atoms with van der Waals surface area (Å²) in [7, 11) is 2.05. The van der Waals surface area contributed by atoms with Gasteiger partial charge in [-0.3, -0.25) is 0 Å². The van der Waals surface area contributed by atoms with Crippen LogP contribution in [-0.4, -0.2) is 19.6 Å². The third-order valence-corrected chi connectivity index (χ3v) is 2.71. The van der Waals surface area contributed by atoms with Crippen molar-refractivity contribution in [2.24, 2.45) is 5.73 Å². The molecule has 0 spiro atoms. The predicted octanol–water partition coefficient (Wildman–Crippen LogP) is 2.54. The SMILES string of the molecule is Cc1ccc(N(C)CC(C)N)c(Br)c1. The molecule has 1 aromatic carbocycles. The Hall–Kier alpha value is -0.540. The van der Waals surface area contributed by atoms with Gasteiger partial charge in [0.05, 0.1) is 5.69 Å². The van der Waals surface area contributed by atoms with Gasteiger partial charge in [-0.2, -0.15) is 0 Å². The van der Waals surface area contributed by atoms with Gasteiger partial charge in [-0.25, -0.2) is 0 Å². The van der Waals surface area contributed by atoms with E-state index in [9.17, 15) is 0 Å². The average molecular weight is 257 g/mol. The highest BCUT2D eigenvalue weighted by molar-refractivity contribution is 9.10. The van der Waals surface area contributed by atoms with Crippen LogP contribution in [0, 0.1) is 6.92 Å². The molecule has 0 radical (unpaired) electrons. The first kappa shape index (κ1) is 11.5. The first-order valence-corrected chi connectivity index (χ1v) is 5.53. The van der Waals surface area contributed by atoms with E-state index < -0.39 is 0 Å². The fraction of sp³-hybridized carbons (Fsp3) is 0.455. The second-order valence-corrected chi connectivity index (χ2v) is 4.67. The molecule has 0 heterocycles. The summed E-state index contributed by atoms with van der Waals surface area (Å²) in [6.07, 6.45) is 0. The summed E-state index contributed by atoms with van der Waals surface area (Å²) in [5, 5.41) is 0. The molecule has 2 N–H and O–H groups in total. The largest absolute Gasteiger partial charge is 0.372 e. The number of likely N-dealkylation sites (N-methyl/N-ethyl adjacent to an activating group) is 1. The van der Waals surface area contributed by atoms with Crippen LogP contribution in [0.25, 0.3) is 0 Å². The van der Waals surface area contributed by atoms with Crippen LogP contribution in [0.1, 0.15) is 12.5 Å². The zero-order valence-electron chi connectivity index (χ0n) is 8.92. The van der Waals surface area contributed by atoms with E-state index in [1.165, 1.54) is 11.3 Å². The predicted molar refractivity (Wildman–Crippen MR) is 65.8 cm³/mol. The second kappa shape index (κ2) is 4.80. The highest BCUT2D eigenvalue weighted by atomic mass is 79.9. The van der Waals surface area contributed by atoms with Gasteiger partial charge in [0.15, 0.2) is 0 Å². The zero-order chi connectivity index (χ0) is 10.7. The third-order valence-electron chi connectivity index (χ3n) is 2.08. The Labute approximate surface area is 94.2 Å². The minimum atomic E-state index is 0.188. The van der Waals surface area contributed by atoms with Crippen LogP contribution in [0.15, 0.2) is 22.7 Å². The minimum Gasteiger partial charge on any atom is -0.372 e. The Morgan fingerprint density at radius 1 is 1.50 bits per heavy atom. The maximum Gasteiger partial charge on any atom is 0.0508 e. The van der Waals surface area contributed by atoms with E-state index >= 15 is 0 Å². The topological polar surface area (TPSA) is 29.3 Å².